The Hall–Kier alpha value is -1.76. The highest BCUT2D eigenvalue weighted by atomic mass is 16.5. The summed E-state index contributed by atoms with van der Waals surface area (Å²) in [6.07, 6.45) is -0.283. The van der Waals surface area contributed by atoms with Gasteiger partial charge < -0.3 is 14.6 Å². The van der Waals surface area contributed by atoms with E-state index in [1.54, 1.807) is 6.92 Å². The van der Waals surface area contributed by atoms with E-state index in [2.05, 4.69) is 0 Å². The molecule has 21 heavy (non-hydrogen) atoms. The summed E-state index contributed by atoms with van der Waals surface area (Å²) in [5.74, 6) is -2.02. The number of rotatable bonds is 10. The molecular weight excluding hydrogens is 280 g/mol. The molecule has 0 unspecified atom stereocenters. The van der Waals surface area contributed by atoms with E-state index in [-0.39, 0.29) is 44.2 Å². The number of aliphatic hydroxyl groups is 1. The average molecular weight is 302 g/mol. The third-order valence-corrected chi connectivity index (χ3v) is 2.95. The monoisotopic (exact) mass is 302 g/mol. The summed E-state index contributed by atoms with van der Waals surface area (Å²) >= 11 is 0. The van der Waals surface area contributed by atoms with E-state index >= 15 is 0 Å². The number of esters is 2. The second kappa shape index (κ2) is 9.23. The fraction of sp³-hybridized carbons (Fsp3) is 0.714. The van der Waals surface area contributed by atoms with E-state index in [1.165, 1.54) is 13.8 Å². The number of ether oxygens (including phenoxy) is 2. The Morgan fingerprint density at radius 2 is 1.29 bits per heavy atom. The summed E-state index contributed by atoms with van der Waals surface area (Å²) in [6.45, 7) is 3.59. The first-order valence-electron chi connectivity index (χ1n) is 6.65. The molecule has 0 bridgehead atoms. The van der Waals surface area contributed by atoms with E-state index in [4.69, 9.17) is 9.47 Å². The van der Waals surface area contributed by atoms with Crippen LogP contribution in [0.1, 0.15) is 40.0 Å². The third-order valence-electron chi connectivity index (χ3n) is 2.95. The lowest BCUT2D eigenvalue weighted by molar-refractivity contribution is -0.157. The lowest BCUT2D eigenvalue weighted by Gasteiger charge is -2.29. The maximum atomic E-state index is 11.3. The number of hydrogen-bond acceptors (Lipinski definition) is 7. The molecule has 0 aliphatic carbocycles. The molecule has 0 radical (unpaired) electrons. The van der Waals surface area contributed by atoms with Crippen molar-refractivity contribution >= 4 is 23.5 Å². The van der Waals surface area contributed by atoms with Crippen molar-refractivity contribution in [2.45, 2.75) is 40.0 Å². The minimum atomic E-state index is -0.932. The normalized spacial score (nSPS) is 10.9. The molecule has 0 aromatic heterocycles. The quantitative estimate of drug-likeness (QED) is 0.460. The van der Waals surface area contributed by atoms with Crippen molar-refractivity contribution in [1.82, 2.24) is 0 Å². The molecule has 0 aliphatic heterocycles. The Balaban J connectivity index is 4.48. The molecule has 0 saturated carbocycles. The van der Waals surface area contributed by atoms with Crippen molar-refractivity contribution in [1.29, 1.82) is 0 Å². The standard InChI is InChI=1S/C14H22O7/c1-4-14(7-15,8-20-12(18)5-10(2)16)9-21-13(19)6-11(3)17/h15H,4-9H2,1-3H3. The van der Waals surface area contributed by atoms with Gasteiger partial charge >= 0.3 is 11.9 Å². The molecule has 0 spiro atoms. The van der Waals surface area contributed by atoms with Crippen LogP contribution in [0.4, 0.5) is 0 Å². The highest BCUT2D eigenvalue weighted by Crippen LogP contribution is 2.23. The Bertz CT molecular complexity index is 362. The van der Waals surface area contributed by atoms with E-state index in [1.807, 2.05) is 0 Å². The van der Waals surface area contributed by atoms with Crippen LogP contribution in [-0.2, 0) is 28.7 Å². The van der Waals surface area contributed by atoms with Gasteiger partial charge in [0.15, 0.2) is 0 Å². The molecule has 0 saturated heterocycles. The van der Waals surface area contributed by atoms with Gasteiger partial charge in [0.25, 0.3) is 0 Å². The van der Waals surface area contributed by atoms with Gasteiger partial charge in [-0.25, -0.2) is 0 Å². The van der Waals surface area contributed by atoms with Gasteiger partial charge in [0.1, 0.15) is 37.6 Å². The molecule has 0 heterocycles. The molecule has 7 heteroatoms. The highest BCUT2D eigenvalue weighted by molar-refractivity contribution is 5.94. The number of aliphatic hydroxyl groups excluding tert-OH is 1. The first-order valence-corrected chi connectivity index (χ1v) is 6.65. The maximum Gasteiger partial charge on any atom is 0.313 e. The summed E-state index contributed by atoms with van der Waals surface area (Å²) in [7, 11) is 0. The predicted molar refractivity (Wildman–Crippen MR) is 72.3 cm³/mol. The van der Waals surface area contributed by atoms with Crippen LogP contribution in [0.2, 0.25) is 0 Å². The SMILES string of the molecule is CCC(CO)(COC(=O)CC(C)=O)COC(=O)CC(C)=O. The number of hydrogen-bond donors (Lipinski definition) is 1. The zero-order chi connectivity index (χ0) is 16.5. The van der Waals surface area contributed by atoms with Crippen LogP contribution in [0.25, 0.3) is 0 Å². The van der Waals surface area contributed by atoms with Crippen molar-refractivity contribution in [3.8, 4) is 0 Å². The maximum absolute atomic E-state index is 11.3. The van der Waals surface area contributed by atoms with Crippen LogP contribution in [0.3, 0.4) is 0 Å². The molecule has 0 aromatic rings. The summed E-state index contributed by atoms with van der Waals surface area (Å²) < 4.78 is 9.87. The van der Waals surface area contributed by atoms with Crippen molar-refractivity contribution in [2.75, 3.05) is 19.8 Å². The largest absolute Gasteiger partial charge is 0.465 e. The average Bonchev–Trinajstić information content (AvgIpc) is 2.38. The van der Waals surface area contributed by atoms with Gasteiger partial charge in [-0.1, -0.05) is 6.92 Å². The Kier molecular flexibility index (Phi) is 8.45. The van der Waals surface area contributed by atoms with Gasteiger partial charge in [0, 0.05) is 0 Å². The van der Waals surface area contributed by atoms with Gasteiger partial charge in [-0.05, 0) is 20.3 Å². The van der Waals surface area contributed by atoms with Crippen LogP contribution in [0.15, 0.2) is 0 Å². The van der Waals surface area contributed by atoms with E-state index < -0.39 is 17.4 Å². The molecule has 0 aromatic carbocycles. The number of carbonyl (C=O) groups is 4. The number of ketones is 2. The van der Waals surface area contributed by atoms with Gasteiger partial charge in [-0.15, -0.1) is 0 Å². The molecule has 0 amide bonds. The molecule has 0 aliphatic rings. The van der Waals surface area contributed by atoms with E-state index in [0.29, 0.717) is 6.42 Å². The van der Waals surface area contributed by atoms with Crippen molar-refractivity contribution in [3.05, 3.63) is 0 Å². The summed E-state index contributed by atoms with van der Waals surface area (Å²) in [6, 6.07) is 0. The zero-order valence-corrected chi connectivity index (χ0v) is 12.6. The smallest absolute Gasteiger partial charge is 0.313 e. The van der Waals surface area contributed by atoms with Crippen molar-refractivity contribution in [2.24, 2.45) is 5.41 Å². The highest BCUT2D eigenvalue weighted by Gasteiger charge is 2.31. The Morgan fingerprint density at radius 1 is 0.905 bits per heavy atom. The third kappa shape index (κ3) is 8.19. The summed E-state index contributed by atoms with van der Waals surface area (Å²) in [5, 5.41) is 9.45. The van der Waals surface area contributed by atoms with E-state index in [9.17, 15) is 24.3 Å². The molecule has 1 N–H and O–H groups in total. The lowest BCUT2D eigenvalue weighted by Crippen LogP contribution is -2.37. The first-order chi connectivity index (χ1) is 9.74. The van der Waals surface area contributed by atoms with Crippen LogP contribution in [-0.4, -0.2) is 48.4 Å². The van der Waals surface area contributed by atoms with Gasteiger partial charge in [-0.3, -0.25) is 19.2 Å². The fourth-order valence-corrected chi connectivity index (χ4v) is 1.42. The fourth-order valence-electron chi connectivity index (χ4n) is 1.42. The number of carbonyl (C=O) groups excluding carboxylic acids is 4. The molecule has 0 fully saturated rings. The van der Waals surface area contributed by atoms with Gasteiger partial charge in [0.2, 0.25) is 0 Å². The molecule has 120 valence electrons. The van der Waals surface area contributed by atoms with Crippen molar-refractivity contribution in [3.63, 3.8) is 0 Å². The minimum Gasteiger partial charge on any atom is -0.465 e. The minimum absolute atomic E-state index is 0.167. The van der Waals surface area contributed by atoms with E-state index in [0.717, 1.165) is 0 Å². The van der Waals surface area contributed by atoms with Gasteiger partial charge in [-0.2, -0.15) is 0 Å². The second-order valence-corrected chi connectivity index (χ2v) is 5.09. The molecule has 0 rings (SSSR count). The number of Topliss-reactive ketones (excluding diaryl/α,β-unsaturated/α-hetero) is 2. The van der Waals surface area contributed by atoms with Crippen LogP contribution in [0, 0.1) is 5.41 Å². The zero-order valence-electron chi connectivity index (χ0n) is 12.6. The second-order valence-electron chi connectivity index (χ2n) is 5.09. The first kappa shape index (κ1) is 19.2. The predicted octanol–water partition coefficient (Wildman–Crippen LogP) is 0.420. The topological polar surface area (TPSA) is 107 Å². The van der Waals surface area contributed by atoms with Gasteiger partial charge in [0.05, 0.1) is 12.0 Å². The Labute approximate surface area is 123 Å². The van der Waals surface area contributed by atoms with Crippen LogP contribution >= 0.6 is 0 Å². The molecule has 0 atom stereocenters. The molecular formula is C14H22O7. The van der Waals surface area contributed by atoms with Crippen LogP contribution in [0.5, 0.6) is 0 Å². The van der Waals surface area contributed by atoms with Crippen molar-refractivity contribution < 1.29 is 33.8 Å². The van der Waals surface area contributed by atoms with Crippen LogP contribution < -0.4 is 0 Å². The summed E-state index contributed by atoms with van der Waals surface area (Å²) in [5.41, 5.74) is -0.932. The lowest BCUT2D eigenvalue weighted by atomic mass is 9.88. The summed E-state index contributed by atoms with van der Waals surface area (Å²) in [4.78, 5) is 44.2. The molecule has 7 nitrogen and oxygen atoms in total. The Morgan fingerprint density at radius 3 is 1.52 bits per heavy atom.